The average molecular weight is 304 g/mol. The van der Waals surface area contributed by atoms with Gasteiger partial charge in [0.25, 0.3) is 0 Å². The van der Waals surface area contributed by atoms with Gasteiger partial charge in [0, 0.05) is 23.6 Å². The predicted octanol–water partition coefficient (Wildman–Crippen LogP) is 4.62. The molecule has 0 saturated heterocycles. The van der Waals surface area contributed by atoms with Crippen molar-refractivity contribution in [3.63, 3.8) is 0 Å². The lowest BCUT2D eigenvalue weighted by Crippen LogP contribution is -2.12. The molecule has 3 rings (SSSR count). The average Bonchev–Trinajstić information content (AvgIpc) is 2.77. The van der Waals surface area contributed by atoms with E-state index in [-0.39, 0.29) is 0 Å². The van der Waals surface area contributed by atoms with Crippen LogP contribution < -0.4 is 5.73 Å². The summed E-state index contributed by atoms with van der Waals surface area (Å²) in [6, 6.07) is 7.89. The summed E-state index contributed by atoms with van der Waals surface area (Å²) in [4.78, 5) is 0. The van der Waals surface area contributed by atoms with Gasteiger partial charge < -0.3 is 5.73 Å². The van der Waals surface area contributed by atoms with E-state index in [1.165, 1.54) is 25.7 Å². The Labute approximate surface area is 131 Å². The molecule has 1 aromatic heterocycles. The summed E-state index contributed by atoms with van der Waals surface area (Å²) >= 11 is 6.00. The molecule has 2 aromatic rings. The summed E-state index contributed by atoms with van der Waals surface area (Å²) in [5.41, 5.74) is 9.63. The van der Waals surface area contributed by atoms with Crippen LogP contribution in [0.2, 0.25) is 5.02 Å². The molecule has 0 aliphatic heterocycles. The number of halogens is 1. The van der Waals surface area contributed by atoms with E-state index in [4.69, 9.17) is 22.4 Å². The lowest BCUT2D eigenvalue weighted by atomic mass is 9.80. The molecule has 2 N–H and O–H groups in total. The van der Waals surface area contributed by atoms with Crippen molar-refractivity contribution in [3.8, 4) is 11.1 Å². The molecule has 4 heteroatoms. The van der Waals surface area contributed by atoms with Crippen LogP contribution in [0.25, 0.3) is 11.1 Å². The van der Waals surface area contributed by atoms with Gasteiger partial charge in [-0.3, -0.25) is 4.68 Å². The van der Waals surface area contributed by atoms with E-state index >= 15 is 0 Å². The monoisotopic (exact) mass is 303 g/mol. The quantitative estimate of drug-likeness (QED) is 0.880. The van der Waals surface area contributed by atoms with Crippen molar-refractivity contribution in [1.29, 1.82) is 0 Å². The Bertz CT molecular complexity index is 622. The van der Waals surface area contributed by atoms with Gasteiger partial charge in [-0.25, -0.2) is 0 Å². The van der Waals surface area contributed by atoms with Gasteiger partial charge in [0.15, 0.2) is 0 Å². The highest BCUT2D eigenvalue weighted by atomic mass is 35.5. The molecule has 1 heterocycles. The Morgan fingerprint density at radius 3 is 2.38 bits per heavy atom. The third kappa shape index (κ3) is 2.80. The van der Waals surface area contributed by atoms with Crippen molar-refractivity contribution < 1.29 is 0 Å². The van der Waals surface area contributed by atoms with Crippen LogP contribution in [-0.2, 0) is 7.05 Å². The number of benzene rings is 1. The summed E-state index contributed by atoms with van der Waals surface area (Å²) in [6.07, 6.45) is 4.97. The maximum Gasteiger partial charge on any atom is 0.129 e. The van der Waals surface area contributed by atoms with Crippen LogP contribution in [0.5, 0.6) is 0 Å². The number of hydrogen-bond donors (Lipinski definition) is 1. The first kappa shape index (κ1) is 14.5. The number of nitrogens with zero attached hydrogens (tertiary/aromatic N) is 2. The number of aryl methyl sites for hydroxylation is 1. The van der Waals surface area contributed by atoms with Crippen LogP contribution >= 0.6 is 11.6 Å². The van der Waals surface area contributed by atoms with E-state index in [0.717, 1.165) is 33.6 Å². The molecule has 0 spiro atoms. The highest BCUT2D eigenvalue weighted by Gasteiger charge is 2.26. The lowest BCUT2D eigenvalue weighted by Gasteiger charge is -2.25. The van der Waals surface area contributed by atoms with E-state index < -0.39 is 0 Å². The largest absolute Gasteiger partial charge is 0.383 e. The fraction of sp³-hybridized carbons (Fsp3) is 0.471. The Hall–Kier alpha value is -1.48. The Balaban J connectivity index is 2.01. The lowest BCUT2D eigenvalue weighted by molar-refractivity contribution is 0.343. The van der Waals surface area contributed by atoms with Crippen molar-refractivity contribution >= 4 is 17.4 Å². The topological polar surface area (TPSA) is 43.8 Å². The Morgan fingerprint density at radius 1 is 1.14 bits per heavy atom. The van der Waals surface area contributed by atoms with Crippen molar-refractivity contribution in [2.45, 2.75) is 38.5 Å². The highest BCUT2D eigenvalue weighted by molar-refractivity contribution is 6.30. The second kappa shape index (κ2) is 5.72. The summed E-state index contributed by atoms with van der Waals surface area (Å²) in [5, 5.41) is 5.46. The minimum Gasteiger partial charge on any atom is -0.383 e. The van der Waals surface area contributed by atoms with Gasteiger partial charge in [-0.15, -0.1) is 0 Å². The molecular weight excluding hydrogens is 282 g/mol. The van der Waals surface area contributed by atoms with Gasteiger partial charge in [0.1, 0.15) is 5.82 Å². The smallest absolute Gasteiger partial charge is 0.129 e. The van der Waals surface area contributed by atoms with Gasteiger partial charge in [-0.1, -0.05) is 43.5 Å². The molecule has 3 nitrogen and oxygen atoms in total. The molecule has 1 aromatic carbocycles. The summed E-state index contributed by atoms with van der Waals surface area (Å²) in [5.74, 6) is 2.10. The van der Waals surface area contributed by atoms with Crippen LogP contribution in [0.1, 0.15) is 44.2 Å². The van der Waals surface area contributed by atoms with Crippen molar-refractivity contribution in [2.75, 3.05) is 5.73 Å². The number of nitrogen functional groups attached to an aromatic ring is 1. The maximum absolute atomic E-state index is 6.27. The molecule has 1 fully saturated rings. The molecule has 0 bridgehead atoms. The van der Waals surface area contributed by atoms with E-state index in [2.05, 4.69) is 6.92 Å². The molecule has 112 valence electrons. The van der Waals surface area contributed by atoms with Gasteiger partial charge in [0.2, 0.25) is 0 Å². The molecule has 0 atom stereocenters. The standard InChI is InChI=1S/C17H22ClN3/c1-11-3-5-13(6-4-11)16-15(17(19)21(2)20-16)12-7-9-14(18)10-8-12/h7-11,13H,3-6,19H2,1-2H3. The molecule has 0 radical (unpaired) electrons. The molecule has 0 amide bonds. The number of hydrogen-bond acceptors (Lipinski definition) is 2. The summed E-state index contributed by atoms with van der Waals surface area (Å²) in [7, 11) is 1.92. The molecule has 1 saturated carbocycles. The fourth-order valence-corrected chi connectivity index (χ4v) is 3.42. The number of nitrogens with two attached hydrogens (primary N) is 1. The molecule has 1 aliphatic carbocycles. The summed E-state index contributed by atoms with van der Waals surface area (Å²) in [6.45, 7) is 2.34. The molecule has 21 heavy (non-hydrogen) atoms. The third-order valence-electron chi connectivity index (χ3n) is 4.65. The van der Waals surface area contributed by atoms with E-state index in [1.807, 2.05) is 31.3 Å². The van der Waals surface area contributed by atoms with Crippen molar-refractivity contribution in [3.05, 3.63) is 35.0 Å². The van der Waals surface area contributed by atoms with Crippen LogP contribution in [0.4, 0.5) is 5.82 Å². The van der Waals surface area contributed by atoms with Gasteiger partial charge in [-0.2, -0.15) is 5.10 Å². The number of anilines is 1. The van der Waals surface area contributed by atoms with E-state index in [0.29, 0.717) is 5.92 Å². The summed E-state index contributed by atoms with van der Waals surface area (Å²) < 4.78 is 1.80. The second-order valence-electron chi connectivity index (χ2n) is 6.23. The maximum atomic E-state index is 6.27. The van der Waals surface area contributed by atoms with Crippen molar-refractivity contribution in [1.82, 2.24) is 9.78 Å². The Kier molecular flexibility index (Phi) is 3.94. The second-order valence-corrected chi connectivity index (χ2v) is 6.67. The van der Waals surface area contributed by atoms with E-state index in [9.17, 15) is 0 Å². The highest BCUT2D eigenvalue weighted by Crippen LogP contribution is 2.41. The van der Waals surface area contributed by atoms with Gasteiger partial charge in [0.05, 0.1) is 5.69 Å². The number of rotatable bonds is 2. The first-order valence-corrected chi connectivity index (χ1v) is 8.02. The fourth-order valence-electron chi connectivity index (χ4n) is 3.29. The molecular formula is C17H22ClN3. The SMILES string of the molecule is CC1CCC(c2nn(C)c(N)c2-c2ccc(Cl)cc2)CC1. The minimum absolute atomic E-state index is 0.523. The van der Waals surface area contributed by atoms with Crippen LogP contribution in [-0.4, -0.2) is 9.78 Å². The normalized spacial score (nSPS) is 22.4. The van der Waals surface area contributed by atoms with Crippen LogP contribution in [0.15, 0.2) is 24.3 Å². The van der Waals surface area contributed by atoms with E-state index in [1.54, 1.807) is 4.68 Å². The first-order valence-electron chi connectivity index (χ1n) is 7.64. The molecule has 0 unspecified atom stereocenters. The van der Waals surface area contributed by atoms with Gasteiger partial charge >= 0.3 is 0 Å². The third-order valence-corrected chi connectivity index (χ3v) is 4.91. The predicted molar refractivity (Wildman–Crippen MR) is 88.4 cm³/mol. The molecule has 1 aliphatic rings. The van der Waals surface area contributed by atoms with Crippen LogP contribution in [0, 0.1) is 5.92 Å². The van der Waals surface area contributed by atoms with Gasteiger partial charge in [-0.05, 0) is 36.5 Å². The van der Waals surface area contributed by atoms with Crippen LogP contribution in [0.3, 0.4) is 0 Å². The van der Waals surface area contributed by atoms with Crippen molar-refractivity contribution in [2.24, 2.45) is 13.0 Å². The Morgan fingerprint density at radius 2 is 1.76 bits per heavy atom. The zero-order chi connectivity index (χ0) is 15.0. The first-order chi connectivity index (χ1) is 10.1. The number of aromatic nitrogens is 2. The zero-order valence-electron chi connectivity index (χ0n) is 12.6. The zero-order valence-corrected chi connectivity index (χ0v) is 13.4. The minimum atomic E-state index is 0.523.